The highest BCUT2D eigenvalue weighted by Gasteiger charge is 2.09. The van der Waals surface area contributed by atoms with Gasteiger partial charge in [-0.3, -0.25) is 5.41 Å². The van der Waals surface area contributed by atoms with Gasteiger partial charge in [0.2, 0.25) is 5.90 Å². The van der Waals surface area contributed by atoms with Crippen LogP contribution >= 0.6 is 0 Å². The number of rotatable bonds is 6. The number of carbonyl (C=O) groups excluding carboxylic acids is 1. The number of ether oxygens (including phenoxy) is 2. The Morgan fingerprint density at radius 1 is 0.793 bits per heavy atom. The number of hydrogen-bond acceptors (Lipinski definition) is 4. The van der Waals surface area contributed by atoms with Crippen molar-refractivity contribution < 1.29 is 18.7 Å². The first kappa shape index (κ1) is 19.8. The summed E-state index contributed by atoms with van der Waals surface area (Å²) in [5.41, 5.74) is 2.64. The molecular formula is C24H18FNO3. The van der Waals surface area contributed by atoms with Crippen molar-refractivity contribution in [3.05, 3.63) is 97.9 Å². The molecule has 0 aliphatic carbocycles. The van der Waals surface area contributed by atoms with E-state index in [-0.39, 0.29) is 11.7 Å². The fourth-order valence-electron chi connectivity index (χ4n) is 2.67. The topological polar surface area (TPSA) is 59.4 Å². The third-order valence-corrected chi connectivity index (χ3v) is 4.12. The van der Waals surface area contributed by atoms with Gasteiger partial charge in [0, 0.05) is 11.6 Å². The van der Waals surface area contributed by atoms with E-state index in [1.807, 2.05) is 6.07 Å². The monoisotopic (exact) mass is 387 g/mol. The van der Waals surface area contributed by atoms with Gasteiger partial charge in [0.25, 0.3) is 0 Å². The molecule has 0 aliphatic rings. The van der Waals surface area contributed by atoms with Gasteiger partial charge in [-0.2, -0.15) is 0 Å². The van der Waals surface area contributed by atoms with Crippen molar-refractivity contribution in [2.24, 2.45) is 0 Å². The summed E-state index contributed by atoms with van der Waals surface area (Å²) in [7, 11) is 0. The van der Waals surface area contributed by atoms with E-state index in [0.29, 0.717) is 28.2 Å². The molecule has 0 amide bonds. The summed E-state index contributed by atoms with van der Waals surface area (Å²) >= 11 is 0. The van der Waals surface area contributed by atoms with Gasteiger partial charge < -0.3 is 9.47 Å². The van der Waals surface area contributed by atoms with Crippen LogP contribution in [0.5, 0.6) is 11.5 Å². The van der Waals surface area contributed by atoms with Gasteiger partial charge >= 0.3 is 5.97 Å². The molecule has 144 valence electrons. The SMILES string of the molecule is C=CC(=N)Oc1ccc(-c2ccc(-c3ccc(OC(=O)C=C)cc3)cc2F)cc1. The number of halogens is 1. The van der Waals surface area contributed by atoms with Crippen LogP contribution in [-0.4, -0.2) is 11.9 Å². The lowest BCUT2D eigenvalue weighted by atomic mass is 9.99. The summed E-state index contributed by atoms with van der Waals surface area (Å²) in [6, 6.07) is 18.6. The molecule has 1 N–H and O–H groups in total. The second-order valence-corrected chi connectivity index (χ2v) is 6.04. The Hall–Kier alpha value is -3.99. The summed E-state index contributed by atoms with van der Waals surface area (Å²) in [4.78, 5) is 11.2. The van der Waals surface area contributed by atoms with Gasteiger partial charge in [-0.05, 0) is 53.1 Å². The third-order valence-electron chi connectivity index (χ3n) is 4.12. The van der Waals surface area contributed by atoms with Crippen LogP contribution in [-0.2, 0) is 4.79 Å². The molecule has 3 rings (SSSR count). The lowest BCUT2D eigenvalue weighted by molar-refractivity contribution is -0.128. The molecule has 3 aromatic carbocycles. The van der Waals surface area contributed by atoms with Crippen molar-refractivity contribution in [1.82, 2.24) is 0 Å². The van der Waals surface area contributed by atoms with Crippen LogP contribution in [0.15, 0.2) is 92.0 Å². The zero-order chi connectivity index (χ0) is 20.8. The molecule has 0 aliphatic heterocycles. The van der Waals surface area contributed by atoms with Crippen molar-refractivity contribution in [1.29, 1.82) is 5.41 Å². The molecule has 0 fully saturated rings. The van der Waals surface area contributed by atoms with Crippen molar-refractivity contribution in [3.8, 4) is 33.8 Å². The molecule has 0 saturated heterocycles. The first-order valence-electron chi connectivity index (χ1n) is 8.73. The fraction of sp³-hybridized carbons (Fsp3) is 0. The molecule has 29 heavy (non-hydrogen) atoms. The molecule has 0 saturated carbocycles. The maximum Gasteiger partial charge on any atom is 0.335 e. The van der Waals surface area contributed by atoms with E-state index < -0.39 is 5.97 Å². The lowest BCUT2D eigenvalue weighted by Gasteiger charge is -2.09. The predicted octanol–water partition coefficient (Wildman–Crippen LogP) is 5.79. The number of hydrogen-bond donors (Lipinski definition) is 1. The predicted molar refractivity (Wildman–Crippen MR) is 112 cm³/mol. The van der Waals surface area contributed by atoms with Crippen LogP contribution in [0.2, 0.25) is 0 Å². The third kappa shape index (κ3) is 4.84. The molecule has 5 heteroatoms. The van der Waals surface area contributed by atoms with Crippen LogP contribution in [0.25, 0.3) is 22.3 Å². The first-order valence-corrected chi connectivity index (χ1v) is 8.73. The van der Waals surface area contributed by atoms with E-state index in [0.717, 1.165) is 11.6 Å². The maximum absolute atomic E-state index is 14.7. The van der Waals surface area contributed by atoms with Crippen molar-refractivity contribution in [2.75, 3.05) is 0 Å². The summed E-state index contributed by atoms with van der Waals surface area (Å²) in [6.45, 7) is 6.81. The molecular weight excluding hydrogens is 369 g/mol. The van der Waals surface area contributed by atoms with Crippen LogP contribution in [0, 0.1) is 11.2 Å². The minimum atomic E-state index is -0.536. The largest absolute Gasteiger partial charge is 0.440 e. The highest BCUT2D eigenvalue weighted by Crippen LogP contribution is 2.30. The van der Waals surface area contributed by atoms with Crippen LogP contribution in [0.1, 0.15) is 0 Å². The molecule has 0 atom stereocenters. The molecule has 0 bridgehead atoms. The zero-order valence-electron chi connectivity index (χ0n) is 15.5. The van der Waals surface area contributed by atoms with Gasteiger partial charge in [0.15, 0.2) is 0 Å². The fourth-order valence-corrected chi connectivity index (χ4v) is 2.67. The summed E-state index contributed by atoms with van der Waals surface area (Å²) in [5.74, 6) is -0.0860. The van der Waals surface area contributed by atoms with Crippen molar-refractivity contribution >= 4 is 11.9 Å². The van der Waals surface area contributed by atoms with Crippen molar-refractivity contribution in [2.45, 2.75) is 0 Å². The Morgan fingerprint density at radius 3 is 1.90 bits per heavy atom. The molecule has 0 aromatic heterocycles. The smallest absolute Gasteiger partial charge is 0.335 e. The Labute approximate surface area is 168 Å². The van der Waals surface area contributed by atoms with Gasteiger partial charge in [0.1, 0.15) is 17.3 Å². The summed E-state index contributed by atoms with van der Waals surface area (Å²) in [5, 5.41) is 7.46. The van der Waals surface area contributed by atoms with Crippen LogP contribution in [0.3, 0.4) is 0 Å². The van der Waals surface area contributed by atoms with E-state index in [4.69, 9.17) is 14.9 Å². The quantitative estimate of drug-likeness (QED) is 0.191. The van der Waals surface area contributed by atoms with E-state index in [9.17, 15) is 9.18 Å². The molecule has 3 aromatic rings. The van der Waals surface area contributed by atoms with Gasteiger partial charge in [0.05, 0.1) is 0 Å². The minimum absolute atomic E-state index is 0.0569. The van der Waals surface area contributed by atoms with E-state index in [1.54, 1.807) is 54.6 Å². The normalized spacial score (nSPS) is 10.1. The molecule has 4 nitrogen and oxygen atoms in total. The van der Waals surface area contributed by atoms with E-state index >= 15 is 0 Å². The Balaban J connectivity index is 1.79. The standard InChI is InChI=1S/C24H18FNO3/c1-3-23(26)28-19-12-7-17(8-13-19)21-14-9-18(15-22(21)25)16-5-10-20(11-6-16)29-24(27)4-2/h3-15,26H,1-2H2. The number of nitrogens with one attached hydrogen (secondary N) is 1. The summed E-state index contributed by atoms with van der Waals surface area (Å²) in [6.07, 6.45) is 2.38. The highest BCUT2D eigenvalue weighted by molar-refractivity contribution is 5.86. The van der Waals surface area contributed by atoms with Crippen LogP contribution in [0.4, 0.5) is 4.39 Å². The lowest BCUT2D eigenvalue weighted by Crippen LogP contribution is -2.02. The molecule has 0 radical (unpaired) electrons. The highest BCUT2D eigenvalue weighted by atomic mass is 19.1. The molecule has 0 unspecified atom stereocenters. The van der Waals surface area contributed by atoms with Gasteiger partial charge in [-0.25, -0.2) is 9.18 Å². The number of benzene rings is 3. The Morgan fingerprint density at radius 2 is 1.34 bits per heavy atom. The zero-order valence-corrected chi connectivity index (χ0v) is 15.5. The minimum Gasteiger partial charge on any atom is -0.440 e. The van der Waals surface area contributed by atoms with E-state index in [2.05, 4.69) is 13.2 Å². The molecule has 0 heterocycles. The maximum atomic E-state index is 14.7. The Bertz CT molecular complexity index is 1070. The van der Waals surface area contributed by atoms with Gasteiger partial charge in [-0.1, -0.05) is 49.6 Å². The Kier molecular flexibility index (Phi) is 6.00. The first-order chi connectivity index (χ1) is 14.0. The second kappa shape index (κ2) is 8.80. The summed E-state index contributed by atoms with van der Waals surface area (Å²) < 4.78 is 25.0. The average Bonchev–Trinajstić information content (AvgIpc) is 2.74. The van der Waals surface area contributed by atoms with E-state index in [1.165, 1.54) is 12.1 Å². The average molecular weight is 387 g/mol. The molecule has 0 spiro atoms. The van der Waals surface area contributed by atoms with Crippen LogP contribution < -0.4 is 9.47 Å². The second-order valence-electron chi connectivity index (χ2n) is 6.04. The number of carbonyl (C=O) groups is 1. The van der Waals surface area contributed by atoms with Crippen molar-refractivity contribution in [3.63, 3.8) is 0 Å². The number of esters is 1. The van der Waals surface area contributed by atoms with Gasteiger partial charge in [-0.15, -0.1) is 0 Å².